The van der Waals surface area contributed by atoms with Gasteiger partial charge in [0.15, 0.2) is 0 Å². The van der Waals surface area contributed by atoms with Crippen LogP contribution in [0.3, 0.4) is 0 Å². The second kappa shape index (κ2) is 5.73. The smallest absolute Gasteiger partial charge is 0.248 e. The SMILES string of the molecule is N#Cc1ccc(-c2c(F)cc(Nc3n[nH]c(N)n3)cc2F)cc1. The Morgan fingerprint density at radius 3 is 2.30 bits per heavy atom. The van der Waals surface area contributed by atoms with Gasteiger partial charge in [0.05, 0.1) is 17.2 Å². The first kappa shape index (κ1) is 14.5. The fourth-order valence-corrected chi connectivity index (χ4v) is 2.09. The zero-order valence-corrected chi connectivity index (χ0v) is 11.6. The number of benzene rings is 2. The lowest BCUT2D eigenvalue weighted by Gasteiger charge is -2.09. The molecule has 0 unspecified atom stereocenters. The number of nitrogens with one attached hydrogen (secondary N) is 2. The number of halogens is 2. The summed E-state index contributed by atoms with van der Waals surface area (Å²) in [6.07, 6.45) is 0. The number of nitrogens with two attached hydrogens (primary N) is 1. The summed E-state index contributed by atoms with van der Waals surface area (Å²) >= 11 is 0. The molecule has 3 aromatic rings. The Balaban J connectivity index is 1.95. The number of aromatic nitrogens is 3. The summed E-state index contributed by atoms with van der Waals surface area (Å²) in [6.45, 7) is 0. The van der Waals surface area contributed by atoms with E-state index in [2.05, 4.69) is 20.5 Å². The molecular formula is C15H10F2N6. The van der Waals surface area contributed by atoms with E-state index in [-0.39, 0.29) is 23.1 Å². The minimum absolute atomic E-state index is 0.0858. The number of nitriles is 1. The Hall–Kier alpha value is -3.47. The van der Waals surface area contributed by atoms with E-state index in [1.165, 1.54) is 24.3 Å². The van der Waals surface area contributed by atoms with Crippen LogP contribution in [0.2, 0.25) is 0 Å². The lowest BCUT2D eigenvalue weighted by atomic mass is 10.0. The van der Waals surface area contributed by atoms with Crippen molar-refractivity contribution in [2.75, 3.05) is 11.1 Å². The fourth-order valence-electron chi connectivity index (χ4n) is 2.09. The predicted molar refractivity (Wildman–Crippen MR) is 80.6 cm³/mol. The van der Waals surface area contributed by atoms with Crippen LogP contribution < -0.4 is 11.1 Å². The van der Waals surface area contributed by atoms with E-state index in [1.54, 1.807) is 0 Å². The number of nitrogen functional groups attached to an aromatic ring is 1. The molecular weight excluding hydrogens is 302 g/mol. The van der Waals surface area contributed by atoms with Gasteiger partial charge in [-0.3, -0.25) is 0 Å². The molecule has 0 aliphatic rings. The Kier molecular flexibility index (Phi) is 3.60. The quantitative estimate of drug-likeness (QED) is 0.690. The van der Waals surface area contributed by atoms with Crippen molar-refractivity contribution in [3.8, 4) is 17.2 Å². The average molecular weight is 312 g/mol. The van der Waals surface area contributed by atoms with E-state index < -0.39 is 11.6 Å². The third-order valence-electron chi connectivity index (χ3n) is 3.10. The van der Waals surface area contributed by atoms with E-state index in [0.29, 0.717) is 11.1 Å². The summed E-state index contributed by atoms with van der Waals surface area (Å²) in [7, 11) is 0. The normalized spacial score (nSPS) is 10.3. The Labute approximate surface area is 129 Å². The Morgan fingerprint density at radius 2 is 1.78 bits per heavy atom. The van der Waals surface area contributed by atoms with Crippen LogP contribution in [0.1, 0.15) is 5.56 Å². The van der Waals surface area contributed by atoms with Crippen LogP contribution in [0.5, 0.6) is 0 Å². The van der Waals surface area contributed by atoms with Crippen molar-refractivity contribution in [3.63, 3.8) is 0 Å². The molecule has 4 N–H and O–H groups in total. The van der Waals surface area contributed by atoms with E-state index >= 15 is 0 Å². The molecule has 0 aliphatic heterocycles. The third-order valence-corrected chi connectivity index (χ3v) is 3.10. The highest BCUT2D eigenvalue weighted by atomic mass is 19.1. The highest BCUT2D eigenvalue weighted by Gasteiger charge is 2.14. The number of hydrogen-bond donors (Lipinski definition) is 3. The Bertz CT molecular complexity index is 872. The highest BCUT2D eigenvalue weighted by Crippen LogP contribution is 2.29. The van der Waals surface area contributed by atoms with Crippen molar-refractivity contribution in [2.24, 2.45) is 0 Å². The van der Waals surface area contributed by atoms with Gasteiger partial charge in [0, 0.05) is 5.69 Å². The van der Waals surface area contributed by atoms with E-state index in [9.17, 15) is 8.78 Å². The van der Waals surface area contributed by atoms with Gasteiger partial charge >= 0.3 is 0 Å². The van der Waals surface area contributed by atoms with E-state index in [4.69, 9.17) is 11.0 Å². The van der Waals surface area contributed by atoms with Crippen molar-refractivity contribution in [1.29, 1.82) is 5.26 Å². The molecule has 6 nitrogen and oxygen atoms in total. The number of anilines is 3. The summed E-state index contributed by atoms with van der Waals surface area (Å²) < 4.78 is 28.5. The van der Waals surface area contributed by atoms with Crippen LogP contribution >= 0.6 is 0 Å². The van der Waals surface area contributed by atoms with Gasteiger partial charge in [0.1, 0.15) is 11.6 Å². The van der Waals surface area contributed by atoms with Crippen LogP contribution in [0, 0.1) is 23.0 Å². The van der Waals surface area contributed by atoms with Gasteiger partial charge in [-0.15, -0.1) is 5.10 Å². The molecule has 0 spiro atoms. The van der Waals surface area contributed by atoms with Gasteiger partial charge in [0.2, 0.25) is 11.9 Å². The van der Waals surface area contributed by atoms with Gasteiger partial charge in [-0.2, -0.15) is 10.2 Å². The maximum Gasteiger partial charge on any atom is 0.248 e. The number of H-pyrrole nitrogens is 1. The molecule has 1 heterocycles. The Morgan fingerprint density at radius 1 is 1.13 bits per heavy atom. The van der Waals surface area contributed by atoms with Crippen LogP contribution in [0.15, 0.2) is 36.4 Å². The standard InChI is InChI=1S/C15H10F2N6/c16-11-5-10(20-15-21-14(19)22-23-15)6-12(17)13(11)9-3-1-8(7-18)2-4-9/h1-6H,(H4,19,20,21,22,23). The minimum Gasteiger partial charge on any atom is -0.368 e. The zero-order chi connectivity index (χ0) is 16.4. The molecule has 3 rings (SSSR count). The van der Waals surface area contributed by atoms with Gasteiger partial charge in [-0.25, -0.2) is 13.9 Å². The number of aromatic amines is 1. The van der Waals surface area contributed by atoms with Crippen molar-refractivity contribution >= 4 is 17.6 Å². The van der Waals surface area contributed by atoms with Crippen molar-refractivity contribution in [2.45, 2.75) is 0 Å². The number of hydrogen-bond acceptors (Lipinski definition) is 5. The molecule has 0 saturated carbocycles. The van der Waals surface area contributed by atoms with Crippen LogP contribution in [-0.2, 0) is 0 Å². The molecule has 114 valence electrons. The first-order valence-electron chi connectivity index (χ1n) is 6.51. The molecule has 0 saturated heterocycles. The fraction of sp³-hybridized carbons (Fsp3) is 0. The van der Waals surface area contributed by atoms with Gasteiger partial charge < -0.3 is 11.1 Å². The lowest BCUT2D eigenvalue weighted by molar-refractivity contribution is 0.590. The first-order chi connectivity index (χ1) is 11.1. The molecule has 0 atom stereocenters. The van der Waals surface area contributed by atoms with Crippen molar-refractivity contribution in [3.05, 3.63) is 53.6 Å². The van der Waals surface area contributed by atoms with Crippen molar-refractivity contribution < 1.29 is 8.78 Å². The second-order valence-electron chi connectivity index (χ2n) is 4.67. The first-order valence-corrected chi connectivity index (χ1v) is 6.51. The number of nitrogens with zero attached hydrogens (tertiary/aromatic N) is 3. The van der Waals surface area contributed by atoms with Gasteiger partial charge in [-0.05, 0) is 29.8 Å². The molecule has 1 aromatic heterocycles. The van der Waals surface area contributed by atoms with Gasteiger partial charge in [0.25, 0.3) is 0 Å². The number of rotatable bonds is 3. The monoisotopic (exact) mass is 312 g/mol. The van der Waals surface area contributed by atoms with Gasteiger partial charge in [-0.1, -0.05) is 12.1 Å². The maximum atomic E-state index is 14.3. The third kappa shape index (κ3) is 2.94. The summed E-state index contributed by atoms with van der Waals surface area (Å²) in [6, 6.07) is 10.2. The van der Waals surface area contributed by atoms with E-state index in [0.717, 1.165) is 12.1 Å². The second-order valence-corrected chi connectivity index (χ2v) is 4.67. The van der Waals surface area contributed by atoms with Crippen LogP contribution in [-0.4, -0.2) is 15.2 Å². The topological polar surface area (TPSA) is 103 Å². The molecule has 0 radical (unpaired) electrons. The molecule has 0 bridgehead atoms. The summed E-state index contributed by atoms with van der Waals surface area (Å²) in [5, 5.41) is 17.5. The largest absolute Gasteiger partial charge is 0.368 e. The zero-order valence-electron chi connectivity index (χ0n) is 11.6. The average Bonchev–Trinajstić information content (AvgIpc) is 2.92. The molecule has 2 aromatic carbocycles. The molecule has 0 fully saturated rings. The van der Waals surface area contributed by atoms with Crippen LogP contribution in [0.25, 0.3) is 11.1 Å². The lowest BCUT2D eigenvalue weighted by Crippen LogP contribution is -1.97. The highest BCUT2D eigenvalue weighted by molar-refractivity contribution is 5.69. The molecule has 0 aliphatic carbocycles. The van der Waals surface area contributed by atoms with Crippen molar-refractivity contribution in [1.82, 2.24) is 15.2 Å². The molecule has 0 amide bonds. The maximum absolute atomic E-state index is 14.3. The minimum atomic E-state index is -0.749. The summed E-state index contributed by atoms with van der Waals surface area (Å²) in [5.74, 6) is -1.31. The molecule has 23 heavy (non-hydrogen) atoms. The summed E-state index contributed by atoms with van der Waals surface area (Å²) in [4.78, 5) is 3.79. The van der Waals surface area contributed by atoms with E-state index in [1.807, 2.05) is 6.07 Å². The molecule has 8 heteroatoms. The summed E-state index contributed by atoms with van der Waals surface area (Å²) in [5.41, 5.74) is 6.11. The van der Waals surface area contributed by atoms with Crippen LogP contribution in [0.4, 0.5) is 26.4 Å². The predicted octanol–water partition coefficient (Wildman–Crippen LogP) is 2.95.